The van der Waals surface area contributed by atoms with Gasteiger partial charge in [-0.3, -0.25) is 4.57 Å². The predicted molar refractivity (Wildman–Crippen MR) is 102 cm³/mol. The summed E-state index contributed by atoms with van der Waals surface area (Å²) in [6.07, 6.45) is 1.30. The molecule has 2 rings (SSSR count). The van der Waals surface area contributed by atoms with Gasteiger partial charge in [0.1, 0.15) is 0 Å². The Labute approximate surface area is 149 Å². The van der Waals surface area contributed by atoms with Crippen LogP contribution in [0.5, 0.6) is 0 Å². The number of ether oxygens (including phenoxy) is 2. The van der Waals surface area contributed by atoms with Crippen molar-refractivity contribution in [3.8, 4) is 0 Å². The van der Waals surface area contributed by atoms with Gasteiger partial charge in [0.2, 0.25) is 0 Å². The van der Waals surface area contributed by atoms with Crippen molar-refractivity contribution >= 4 is 36.2 Å². The largest absolute Gasteiger partial charge is 0.462 e. The average Bonchev–Trinajstić information content (AvgIpc) is 2.93. The van der Waals surface area contributed by atoms with Crippen LogP contribution in [0.4, 0.5) is 4.79 Å². The molecule has 0 atom stereocenters. The van der Waals surface area contributed by atoms with Crippen molar-refractivity contribution in [1.29, 1.82) is 0 Å². The second kappa shape index (κ2) is 7.43. The van der Waals surface area contributed by atoms with E-state index in [0.717, 1.165) is 16.1 Å². The molecule has 0 fully saturated rings. The quantitative estimate of drug-likeness (QED) is 0.596. The highest BCUT2D eigenvalue weighted by Crippen LogP contribution is 2.20. The van der Waals surface area contributed by atoms with Crippen molar-refractivity contribution in [2.75, 3.05) is 13.2 Å². The molecule has 0 amide bonds. The molecule has 2 aromatic rings. The number of hydrogen-bond acceptors (Lipinski definition) is 4. The van der Waals surface area contributed by atoms with E-state index in [-0.39, 0.29) is 11.9 Å². The fourth-order valence-electron chi connectivity index (χ4n) is 2.65. The number of esters is 1. The number of hydrogen-bond donors (Lipinski definition) is 0. The van der Waals surface area contributed by atoms with Crippen LogP contribution >= 0.6 is 0 Å². The Hall–Kier alpha value is -2.08. The van der Waals surface area contributed by atoms with E-state index in [1.807, 2.05) is 32.0 Å². The highest BCUT2D eigenvalue weighted by molar-refractivity contribution is 6.89. The van der Waals surface area contributed by atoms with E-state index in [1.165, 1.54) is 4.57 Å². The third kappa shape index (κ3) is 4.31. The molecule has 1 heterocycles. The first kappa shape index (κ1) is 19.2. The van der Waals surface area contributed by atoms with Gasteiger partial charge in [0.25, 0.3) is 0 Å². The summed E-state index contributed by atoms with van der Waals surface area (Å²) in [5.41, 5.74) is 1.36. The highest BCUT2D eigenvalue weighted by atomic mass is 28.3. The van der Waals surface area contributed by atoms with E-state index >= 15 is 0 Å². The standard InChI is InChI=1S/C19H27NO4Si/c1-7-23-18(21)15-10-14-8-9-20(19(22)24-12-13(2)3)16(14)11-17(15)25(4,5)6/h8-11,13H,7,12H2,1-6H3. The van der Waals surface area contributed by atoms with E-state index < -0.39 is 14.2 Å². The van der Waals surface area contributed by atoms with E-state index in [4.69, 9.17) is 9.47 Å². The Bertz CT molecular complexity index is 787. The third-order valence-electron chi connectivity index (χ3n) is 3.87. The first-order valence-electron chi connectivity index (χ1n) is 8.65. The Kier molecular flexibility index (Phi) is 5.72. The van der Waals surface area contributed by atoms with Gasteiger partial charge in [-0.15, -0.1) is 0 Å². The minimum atomic E-state index is -1.82. The number of carbonyl (C=O) groups is 2. The zero-order chi connectivity index (χ0) is 18.8. The van der Waals surface area contributed by atoms with Crippen molar-refractivity contribution < 1.29 is 19.1 Å². The first-order chi connectivity index (χ1) is 11.6. The number of benzene rings is 1. The van der Waals surface area contributed by atoms with Gasteiger partial charge in [-0.2, -0.15) is 0 Å². The molecule has 0 radical (unpaired) electrons. The number of nitrogens with zero attached hydrogens (tertiary/aromatic N) is 1. The maximum absolute atomic E-state index is 12.4. The van der Waals surface area contributed by atoms with Gasteiger partial charge in [0.15, 0.2) is 0 Å². The summed E-state index contributed by atoms with van der Waals surface area (Å²) in [6.45, 7) is 13.0. The first-order valence-corrected chi connectivity index (χ1v) is 12.1. The van der Waals surface area contributed by atoms with Gasteiger partial charge < -0.3 is 9.47 Å². The van der Waals surface area contributed by atoms with Crippen LogP contribution in [0.25, 0.3) is 10.9 Å². The summed E-state index contributed by atoms with van der Waals surface area (Å²) in [5, 5.41) is 1.81. The second-order valence-electron chi connectivity index (χ2n) is 7.58. The number of aromatic nitrogens is 1. The van der Waals surface area contributed by atoms with Crippen LogP contribution in [0, 0.1) is 5.92 Å². The molecule has 0 saturated carbocycles. The van der Waals surface area contributed by atoms with Crippen LogP contribution in [0.3, 0.4) is 0 Å². The molecule has 1 aromatic heterocycles. The molecule has 0 aliphatic heterocycles. The Morgan fingerprint density at radius 2 is 1.84 bits per heavy atom. The van der Waals surface area contributed by atoms with Crippen LogP contribution in [-0.2, 0) is 9.47 Å². The maximum atomic E-state index is 12.4. The van der Waals surface area contributed by atoms with Crippen molar-refractivity contribution in [2.45, 2.75) is 40.4 Å². The summed E-state index contributed by atoms with van der Waals surface area (Å²) >= 11 is 0. The Balaban J connectivity index is 2.54. The number of rotatable bonds is 5. The lowest BCUT2D eigenvalue weighted by atomic mass is 10.1. The Morgan fingerprint density at radius 1 is 1.16 bits per heavy atom. The van der Waals surface area contributed by atoms with Crippen LogP contribution in [0.1, 0.15) is 31.1 Å². The summed E-state index contributed by atoms with van der Waals surface area (Å²) in [5.74, 6) is -0.0318. The molecule has 0 unspecified atom stereocenters. The van der Waals surface area contributed by atoms with Crippen molar-refractivity contribution in [3.63, 3.8) is 0 Å². The minimum Gasteiger partial charge on any atom is -0.462 e. The van der Waals surface area contributed by atoms with Crippen LogP contribution in [-0.4, -0.2) is 37.9 Å². The smallest absolute Gasteiger partial charge is 0.418 e. The van der Waals surface area contributed by atoms with E-state index in [9.17, 15) is 9.59 Å². The van der Waals surface area contributed by atoms with E-state index in [2.05, 4.69) is 19.6 Å². The van der Waals surface area contributed by atoms with Crippen LogP contribution < -0.4 is 5.19 Å². The van der Waals surface area contributed by atoms with Crippen molar-refractivity contribution in [1.82, 2.24) is 4.57 Å². The molecule has 0 N–H and O–H groups in total. The van der Waals surface area contributed by atoms with Gasteiger partial charge in [-0.1, -0.05) is 33.5 Å². The molecule has 6 heteroatoms. The highest BCUT2D eigenvalue weighted by Gasteiger charge is 2.26. The second-order valence-corrected chi connectivity index (χ2v) is 12.6. The molecular weight excluding hydrogens is 334 g/mol. The van der Waals surface area contributed by atoms with Gasteiger partial charge >= 0.3 is 12.1 Å². The maximum Gasteiger partial charge on any atom is 0.418 e. The van der Waals surface area contributed by atoms with Gasteiger partial charge in [0, 0.05) is 11.6 Å². The molecule has 0 bridgehead atoms. The monoisotopic (exact) mass is 361 g/mol. The molecule has 0 aliphatic rings. The molecule has 0 aliphatic carbocycles. The normalized spacial score (nSPS) is 11.8. The Morgan fingerprint density at radius 3 is 2.40 bits per heavy atom. The van der Waals surface area contributed by atoms with Crippen molar-refractivity contribution in [2.24, 2.45) is 5.92 Å². The predicted octanol–water partition coefficient (Wildman–Crippen LogP) is 4.00. The number of carbonyl (C=O) groups excluding carboxylic acids is 2. The zero-order valence-electron chi connectivity index (χ0n) is 15.9. The summed E-state index contributed by atoms with van der Waals surface area (Å²) in [4.78, 5) is 24.7. The molecule has 1 aromatic carbocycles. The fraction of sp³-hybridized carbons (Fsp3) is 0.474. The summed E-state index contributed by atoms with van der Waals surface area (Å²) < 4.78 is 12.1. The molecule has 25 heavy (non-hydrogen) atoms. The average molecular weight is 362 g/mol. The molecule has 5 nitrogen and oxygen atoms in total. The van der Waals surface area contributed by atoms with E-state index in [0.29, 0.717) is 18.8 Å². The lowest BCUT2D eigenvalue weighted by Crippen LogP contribution is -2.41. The third-order valence-corrected chi connectivity index (χ3v) is 5.90. The number of fused-ring (bicyclic) bond motifs is 1. The van der Waals surface area contributed by atoms with Gasteiger partial charge in [-0.25, -0.2) is 9.59 Å². The molecular formula is C19H27NO4Si. The van der Waals surface area contributed by atoms with E-state index in [1.54, 1.807) is 13.1 Å². The van der Waals surface area contributed by atoms with Gasteiger partial charge in [-0.05, 0) is 36.2 Å². The topological polar surface area (TPSA) is 57.5 Å². The molecule has 136 valence electrons. The summed E-state index contributed by atoms with van der Waals surface area (Å²) in [6, 6.07) is 5.60. The van der Waals surface area contributed by atoms with Gasteiger partial charge in [0.05, 0.1) is 32.4 Å². The minimum absolute atomic E-state index is 0.277. The summed E-state index contributed by atoms with van der Waals surface area (Å²) in [7, 11) is -1.82. The lowest BCUT2D eigenvalue weighted by Gasteiger charge is -2.21. The van der Waals surface area contributed by atoms with Crippen LogP contribution in [0.2, 0.25) is 19.6 Å². The zero-order valence-corrected chi connectivity index (χ0v) is 16.9. The van der Waals surface area contributed by atoms with Crippen LogP contribution in [0.15, 0.2) is 24.4 Å². The SMILES string of the molecule is CCOC(=O)c1cc2ccn(C(=O)OCC(C)C)c2cc1[Si](C)(C)C. The molecule has 0 spiro atoms. The lowest BCUT2D eigenvalue weighted by molar-refractivity contribution is 0.0528. The molecule has 0 saturated heterocycles. The van der Waals surface area contributed by atoms with Crippen molar-refractivity contribution in [3.05, 3.63) is 30.0 Å². The fourth-order valence-corrected chi connectivity index (χ4v) is 4.20.